The Bertz CT molecular complexity index is 706. The summed E-state index contributed by atoms with van der Waals surface area (Å²) in [6.07, 6.45) is 32.6. The molecule has 0 saturated carbocycles. The summed E-state index contributed by atoms with van der Waals surface area (Å²) in [7, 11) is 0. The predicted octanol–water partition coefficient (Wildman–Crippen LogP) is 12.4. The molecule has 0 spiro atoms. The third-order valence-corrected chi connectivity index (χ3v) is 9.04. The van der Waals surface area contributed by atoms with Crippen LogP contribution in [0.5, 0.6) is 0 Å². The summed E-state index contributed by atoms with van der Waals surface area (Å²) >= 11 is 0. The van der Waals surface area contributed by atoms with Gasteiger partial charge in [0.05, 0.1) is 0 Å². The summed E-state index contributed by atoms with van der Waals surface area (Å²) in [6.45, 7) is 8.88. The molecule has 0 heterocycles. The van der Waals surface area contributed by atoms with Crippen molar-refractivity contribution in [3.8, 4) is 0 Å². The summed E-state index contributed by atoms with van der Waals surface area (Å²) in [5, 5.41) is 0. The van der Waals surface area contributed by atoms with Crippen LogP contribution in [0.15, 0.2) is 0 Å². The van der Waals surface area contributed by atoms with Crippen LogP contribution in [0.2, 0.25) is 0 Å². The molecule has 0 bridgehead atoms. The van der Waals surface area contributed by atoms with Gasteiger partial charge in [-0.3, -0.25) is 14.4 Å². The Kier molecular flexibility index (Phi) is 34.5. The zero-order chi connectivity index (χ0) is 34.6. The van der Waals surface area contributed by atoms with E-state index in [0.29, 0.717) is 19.3 Å². The summed E-state index contributed by atoms with van der Waals surface area (Å²) < 4.78 is 16.5. The fourth-order valence-corrected chi connectivity index (χ4v) is 5.92. The van der Waals surface area contributed by atoms with Gasteiger partial charge in [0.25, 0.3) is 0 Å². The second kappa shape index (κ2) is 35.7. The Labute approximate surface area is 291 Å². The number of carbonyl (C=O) groups is 3. The second-order valence-corrected chi connectivity index (χ2v) is 14.4. The van der Waals surface area contributed by atoms with Crippen molar-refractivity contribution in [1.29, 1.82) is 0 Å². The number of unbranched alkanes of at least 4 members (excludes halogenated alkanes) is 23. The first-order valence-corrected chi connectivity index (χ1v) is 20.4. The van der Waals surface area contributed by atoms with Gasteiger partial charge in [0.15, 0.2) is 6.10 Å². The highest BCUT2D eigenvalue weighted by molar-refractivity contribution is 5.71. The molecule has 278 valence electrons. The third kappa shape index (κ3) is 35.5. The van der Waals surface area contributed by atoms with Crippen LogP contribution in [0, 0.1) is 5.92 Å². The predicted molar refractivity (Wildman–Crippen MR) is 196 cm³/mol. The van der Waals surface area contributed by atoms with Gasteiger partial charge in [-0.2, -0.15) is 0 Å². The Hall–Kier alpha value is -1.59. The molecule has 0 unspecified atom stereocenters. The minimum absolute atomic E-state index is 0.0657. The van der Waals surface area contributed by atoms with E-state index in [9.17, 15) is 14.4 Å². The highest BCUT2D eigenvalue weighted by Gasteiger charge is 2.19. The Morgan fingerprint density at radius 1 is 0.404 bits per heavy atom. The summed E-state index contributed by atoms with van der Waals surface area (Å²) in [5.74, 6) is -0.0573. The van der Waals surface area contributed by atoms with Crippen LogP contribution in [-0.4, -0.2) is 37.2 Å². The first-order valence-electron chi connectivity index (χ1n) is 20.4. The van der Waals surface area contributed by atoms with E-state index < -0.39 is 6.10 Å². The van der Waals surface area contributed by atoms with Crippen molar-refractivity contribution in [2.75, 3.05) is 13.2 Å². The van der Waals surface area contributed by atoms with Crippen LogP contribution in [-0.2, 0) is 28.6 Å². The van der Waals surface area contributed by atoms with Crippen molar-refractivity contribution in [3.63, 3.8) is 0 Å². The van der Waals surface area contributed by atoms with E-state index in [1.54, 1.807) is 0 Å². The standard InChI is InChI=1S/C41H78O6/c1-5-7-9-11-12-13-14-19-22-26-30-34-41(44)47-38(35-45-39(42)32-28-23-10-8-6-2)36-46-40(43)33-29-25-21-18-16-15-17-20-24-27-31-37(3)4/h37-38H,5-36H2,1-4H3/t38-/m1/s1. The number of hydrogen-bond donors (Lipinski definition) is 0. The average Bonchev–Trinajstić information content (AvgIpc) is 3.05. The molecule has 0 radical (unpaired) electrons. The lowest BCUT2D eigenvalue weighted by molar-refractivity contribution is -0.167. The first-order chi connectivity index (χ1) is 22.9. The largest absolute Gasteiger partial charge is 0.462 e. The number of carbonyl (C=O) groups excluding carboxylic acids is 3. The van der Waals surface area contributed by atoms with E-state index in [-0.39, 0.29) is 31.1 Å². The summed E-state index contributed by atoms with van der Waals surface area (Å²) in [4.78, 5) is 37.3. The van der Waals surface area contributed by atoms with Crippen LogP contribution >= 0.6 is 0 Å². The van der Waals surface area contributed by atoms with Gasteiger partial charge in [0.2, 0.25) is 0 Å². The van der Waals surface area contributed by atoms with E-state index in [1.807, 2.05) is 0 Å². The summed E-state index contributed by atoms with van der Waals surface area (Å²) in [6, 6.07) is 0. The smallest absolute Gasteiger partial charge is 0.306 e. The maximum atomic E-state index is 12.6. The first kappa shape index (κ1) is 45.4. The van der Waals surface area contributed by atoms with Gasteiger partial charge >= 0.3 is 17.9 Å². The van der Waals surface area contributed by atoms with Gasteiger partial charge in [-0.15, -0.1) is 0 Å². The molecule has 0 amide bonds. The molecule has 0 aliphatic rings. The lowest BCUT2D eigenvalue weighted by Crippen LogP contribution is -2.30. The van der Waals surface area contributed by atoms with Gasteiger partial charge in [-0.05, 0) is 25.2 Å². The maximum Gasteiger partial charge on any atom is 0.306 e. The fraction of sp³-hybridized carbons (Fsp3) is 0.927. The van der Waals surface area contributed by atoms with Crippen molar-refractivity contribution in [2.45, 2.75) is 226 Å². The number of rotatable bonds is 36. The van der Waals surface area contributed by atoms with Crippen LogP contribution in [0.4, 0.5) is 0 Å². The molecule has 0 aromatic carbocycles. The molecule has 0 aromatic rings. The van der Waals surface area contributed by atoms with E-state index in [2.05, 4.69) is 27.7 Å². The van der Waals surface area contributed by atoms with E-state index >= 15 is 0 Å². The molecular weight excluding hydrogens is 588 g/mol. The zero-order valence-electron chi connectivity index (χ0n) is 31.7. The van der Waals surface area contributed by atoms with E-state index in [1.165, 1.54) is 109 Å². The summed E-state index contributed by atoms with van der Waals surface area (Å²) in [5.41, 5.74) is 0. The Morgan fingerprint density at radius 2 is 0.702 bits per heavy atom. The molecule has 6 nitrogen and oxygen atoms in total. The molecule has 0 aliphatic carbocycles. The average molecular weight is 667 g/mol. The monoisotopic (exact) mass is 667 g/mol. The SMILES string of the molecule is CCCCCCCCCCCCCC(=O)O[C@H](COC(=O)CCCCCCC)COC(=O)CCCCCCCCCCCCC(C)C. The fourth-order valence-electron chi connectivity index (χ4n) is 5.92. The van der Waals surface area contributed by atoms with E-state index in [0.717, 1.165) is 70.1 Å². The van der Waals surface area contributed by atoms with Gasteiger partial charge < -0.3 is 14.2 Å². The van der Waals surface area contributed by atoms with E-state index in [4.69, 9.17) is 14.2 Å². The molecular formula is C41H78O6. The maximum absolute atomic E-state index is 12.6. The van der Waals surface area contributed by atoms with Crippen molar-refractivity contribution in [2.24, 2.45) is 5.92 Å². The number of ether oxygens (including phenoxy) is 3. The number of hydrogen-bond acceptors (Lipinski definition) is 6. The Morgan fingerprint density at radius 3 is 1.04 bits per heavy atom. The molecule has 0 rings (SSSR count). The van der Waals surface area contributed by atoms with Crippen molar-refractivity contribution >= 4 is 17.9 Å². The lowest BCUT2D eigenvalue weighted by atomic mass is 10.0. The van der Waals surface area contributed by atoms with Gasteiger partial charge in [0, 0.05) is 19.3 Å². The topological polar surface area (TPSA) is 78.9 Å². The van der Waals surface area contributed by atoms with Gasteiger partial charge in [-0.25, -0.2) is 0 Å². The van der Waals surface area contributed by atoms with Gasteiger partial charge in [-0.1, -0.05) is 182 Å². The highest BCUT2D eigenvalue weighted by atomic mass is 16.6. The zero-order valence-corrected chi connectivity index (χ0v) is 31.7. The van der Waals surface area contributed by atoms with Crippen LogP contribution in [0.25, 0.3) is 0 Å². The molecule has 0 saturated heterocycles. The molecule has 1 atom stereocenters. The molecule has 0 aromatic heterocycles. The Balaban J connectivity index is 4.24. The quantitative estimate of drug-likeness (QED) is 0.0376. The van der Waals surface area contributed by atoms with Crippen LogP contribution in [0.3, 0.4) is 0 Å². The molecule has 47 heavy (non-hydrogen) atoms. The van der Waals surface area contributed by atoms with Crippen molar-refractivity contribution in [1.82, 2.24) is 0 Å². The van der Waals surface area contributed by atoms with Crippen molar-refractivity contribution < 1.29 is 28.6 Å². The highest BCUT2D eigenvalue weighted by Crippen LogP contribution is 2.15. The van der Waals surface area contributed by atoms with Gasteiger partial charge in [0.1, 0.15) is 13.2 Å². The van der Waals surface area contributed by atoms with Crippen molar-refractivity contribution in [3.05, 3.63) is 0 Å². The lowest BCUT2D eigenvalue weighted by Gasteiger charge is -2.18. The molecule has 0 aliphatic heterocycles. The third-order valence-electron chi connectivity index (χ3n) is 9.04. The minimum atomic E-state index is -0.756. The normalized spacial score (nSPS) is 11.9. The van der Waals surface area contributed by atoms with Crippen LogP contribution < -0.4 is 0 Å². The second-order valence-electron chi connectivity index (χ2n) is 14.4. The molecule has 6 heteroatoms. The minimum Gasteiger partial charge on any atom is -0.462 e. The van der Waals surface area contributed by atoms with Crippen LogP contribution in [0.1, 0.15) is 220 Å². The molecule has 0 N–H and O–H groups in total. The molecule has 0 fully saturated rings. The number of esters is 3.